The third-order valence-corrected chi connectivity index (χ3v) is 3.72. The van der Waals surface area contributed by atoms with E-state index in [0.29, 0.717) is 6.54 Å². The van der Waals surface area contributed by atoms with Crippen LogP contribution < -0.4 is 11.3 Å². The van der Waals surface area contributed by atoms with Crippen LogP contribution in [0.4, 0.5) is 11.4 Å². The van der Waals surface area contributed by atoms with Gasteiger partial charge in [-0.3, -0.25) is 16.0 Å². The molecule has 2 unspecified atom stereocenters. The summed E-state index contributed by atoms with van der Waals surface area (Å²) in [6, 6.07) is 4.70. The summed E-state index contributed by atoms with van der Waals surface area (Å²) in [6.45, 7) is 3.93. The van der Waals surface area contributed by atoms with E-state index < -0.39 is 0 Å². The van der Waals surface area contributed by atoms with Crippen molar-refractivity contribution in [2.75, 3.05) is 19.0 Å². The number of nitrogens with one attached hydrogen (secondary N) is 1. The minimum Gasteiger partial charge on any atom is -0.324 e. The summed E-state index contributed by atoms with van der Waals surface area (Å²) >= 11 is 0. The van der Waals surface area contributed by atoms with Gasteiger partial charge in [-0.1, -0.05) is 6.92 Å². The van der Waals surface area contributed by atoms with Crippen LogP contribution in [0.5, 0.6) is 0 Å². The second-order valence-corrected chi connectivity index (χ2v) is 5.41. The Morgan fingerprint density at radius 2 is 2.26 bits per heavy atom. The van der Waals surface area contributed by atoms with E-state index in [1.54, 1.807) is 12.1 Å². The molecule has 0 heterocycles. The Kier molecular flexibility index (Phi) is 4.01. The molecule has 1 saturated carbocycles. The molecular weight excluding hydrogens is 244 g/mol. The van der Waals surface area contributed by atoms with Crippen LogP contribution in [0.2, 0.25) is 0 Å². The average molecular weight is 264 g/mol. The quantitative estimate of drug-likeness (QED) is 0.466. The van der Waals surface area contributed by atoms with Gasteiger partial charge in [-0.15, -0.1) is 0 Å². The molecule has 0 spiro atoms. The molecule has 1 aliphatic rings. The summed E-state index contributed by atoms with van der Waals surface area (Å²) in [4.78, 5) is 12.6. The van der Waals surface area contributed by atoms with Crippen molar-refractivity contribution in [3.63, 3.8) is 0 Å². The van der Waals surface area contributed by atoms with Gasteiger partial charge >= 0.3 is 0 Å². The molecule has 0 aromatic heterocycles. The first kappa shape index (κ1) is 13.8. The summed E-state index contributed by atoms with van der Waals surface area (Å²) in [6.07, 6.45) is 1.28. The maximum absolute atomic E-state index is 10.8. The molecule has 1 aromatic rings. The molecule has 6 heteroatoms. The minimum atomic E-state index is -0.382. The van der Waals surface area contributed by atoms with Crippen LogP contribution >= 0.6 is 0 Å². The normalized spacial score (nSPS) is 21.5. The van der Waals surface area contributed by atoms with Gasteiger partial charge in [0.2, 0.25) is 0 Å². The summed E-state index contributed by atoms with van der Waals surface area (Å²) in [7, 11) is 2.03. The van der Waals surface area contributed by atoms with E-state index in [-0.39, 0.29) is 10.6 Å². The summed E-state index contributed by atoms with van der Waals surface area (Å²) in [5, 5.41) is 10.8. The number of nitrogen functional groups attached to an aromatic ring is 1. The van der Waals surface area contributed by atoms with E-state index in [9.17, 15) is 10.1 Å². The van der Waals surface area contributed by atoms with Gasteiger partial charge in [0.15, 0.2) is 0 Å². The van der Waals surface area contributed by atoms with E-state index in [1.165, 1.54) is 12.5 Å². The highest BCUT2D eigenvalue weighted by Crippen LogP contribution is 2.38. The second-order valence-electron chi connectivity index (χ2n) is 5.41. The largest absolute Gasteiger partial charge is 0.324 e. The Bertz CT molecular complexity index is 478. The van der Waals surface area contributed by atoms with Crippen LogP contribution in [0, 0.1) is 22.0 Å². The molecule has 1 aromatic carbocycles. The Hall–Kier alpha value is -1.66. The lowest BCUT2D eigenvalue weighted by molar-refractivity contribution is -0.384. The number of hydrogen-bond acceptors (Lipinski definition) is 5. The molecule has 19 heavy (non-hydrogen) atoms. The fourth-order valence-electron chi connectivity index (χ4n) is 2.37. The van der Waals surface area contributed by atoms with Gasteiger partial charge in [-0.25, -0.2) is 0 Å². The molecular formula is C13H20N4O2. The highest BCUT2D eigenvalue weighted by atomic mass is 16.6. The Labute approximate surface area is 112 Å². The molecule has 0 amide bonds. The van der Waals surface area contributed by atoms with Crippen molar-refractivity contribution in [3.8, 4) is 0 Å². The first-order valence-corrected chi connectivity index (χ1v) is 6.43. The molecule has 2 atom stereocenters. The van der Waals surface area contributed by atoms with Crippen molar-refractivity contribution in [2.45, 2.75) is 19.9 Å². The molecule has 0 saturated heterocycles. The Morgan fingerprint density at radius 1 is 1.58 bits per heavy atom. The topological polar surface area (TPSA) is 84.4 Å². The number of nitro benzene ring substituents is 1. The van der Waals surface area contributed by atoms with Crippen LogP contribution in [0.15, 0.2) is 18.2 Å². The fourth-order valence-corrected chi connectivity index (χ4v) is 2.37. The van der Waals surface area contributed by atoms with Gasteiger partial charge < -0.3 is 10.3 Å². The number of benzene rings is 1. The monoisotopic (exact) mass is 264 g/mol. The van der Waals surface area contributed by atoms with Crippen molar-refractivity contribution in [1.82, 2.24) is 4.90 Å². The molecule has 1 aliphatic carbocycles. The lowest BCUT2D eigenvalue weighted by atomic mass is 10.1. The summed E-state index contributed by atoms with van der Waals surface area (Å²) < 4.78 is 0. The average Bonchev–Trinajstić information content (AvgIpc) is 3.04. The smallest absolute Gasteiger partial charge is 0.269 e. The predicted molar refractivity (Wildman–Crippen MR) is 74.5 cm³/mol. The lowest BCUT2D eigenvalue weighted by Gasteiger charge is -2.18. The first-order chi connectivity index (χ1) is 9.01. The van der Waals surface area contributed by atoms with Gasteiger partial charge in [0.1, 0.15) is 0 Å². The van der Waals surface area contributed by atoms with Crippen LogP contribution in [0.3, 0.4) is 0 Å². The van der Waals surface area contributed by atoms with Gasteiger partial charge in [-0.05, 0) is 36.9 Å². The maximum Gasteiger partial charge on any atom is 0.269 e. The standard InChI is InChI=1S/C13H20N4O2/c1-9-5-10(9)7-16(2)8-11-6-12(17(18)19)3-4-13(11)15-14/h3-4,6,9-10,15H,5,7-8,14H2,1-2H3. The minimum absolute atomic E-state index is 0.0992. The van der Waals surface area contributed by atoms with E-state index in [1.807, 2.05) is 7.05 Å². The lowest BCUT2D eigenvalue weighted by Crippen LogP contribution is -2.22. The van der Waals surface area contributed by atoms with Crippen molar-refractivity contribution in [1.29, 1.82) is 0 Å². The van der Waals surface area contributed by atoms with E-state index in [0.717, 1.165) is 29.6 Å². The van der Waals surface area contributed by atoms with E-state index in [2.05, 4.69) is 17.2 Å². The molecule has 0 radical (unpaired) electrons. The number of rotatable bonds is 6. The number of nitro groups is 1. The van der Waals surface area contributed by atoms with Crippen LogP contribution in [-0.2, 0) is 6.54 Å². The van der Waals surface area contributed by atoms with Crippen molar-refractivity contribution in [2.24, 2.45) is 17.7 Å². The number of nitrogens with zero attached hydrogens (tertiary/aromatic N) is 2. The fraction of sp³-hybridized carbons (Fsp3) is 0.538. The van der Waals surface area contributed by atoms with E-state index in [4.69, 9.17) is 5.84 Å². The third kappa shape index (κ3) is 3.42. The second kappa shape index (κ2) is 5.54. The Morgan fingerprint density at radius 3 is 2.79 bits per heavy atom. The molecule has 6 nitrogen and oxygen atoms in total. The van der Waals surface area contributed by atoms with Crippen molar-refractivity contribution >= 4 is 11.4 Å². The number of hydrazine groups is 1. The van der Waals surface area contributed by atoms with Gasteiger partial charge in [0.25, 0.3) is 5.69 Å². The maximum atomic E-state index is 10.8. The number of nitrogens with two attached hydrogens (primary N) is 1. The SMILES string of the molecule is CC1CC1CN(C)Cc1cc([N+](=O)[O-])ccc1NN. The molecule has 104 valence electrons. The summed E-state index contributed by atoms with van der Waals surface area (Å²) in [5.74, 6) is 7.02. The van der Waals surface area contributed by atoms with Crippen LogP contribution in [0.1, 0.15) is 18.9 Å². The van der Waals surface area contributed by atoms with Crippen molar-refractivity contribution < 1.29 is 4.92 Å². The Balaban J connectivity index is 2.08. The third-order valence-electron chi connectivity index (χ3n) is 3.72. The van der Waals surface area contributed by atoms with Crippen LogP contribution in [-0.4, -0.2) is 23.4 Å². The number of anilines is 1. The zero-order valence-electron chi connectivity index (χ0n) is 11.3. The molecule has 0 bridgehead atoms. The van der Waals surface area contributed by atoms with Gasteiger partial charge in [-0.2, -0.15) is 0 Å². The zero-order chi connectivity index (χ0) is 14.0. The molecule has 0 aliphatic heterocycles. The van der Waals surface area contributed by atoms with Gasteiger partial charge in [0.05, 0.1) is 10.6 Å². The van der Waals surface area contributed by atoms with Crippen LogP contribution in [0.25, 0.3) is 0 Å². The van der Waals surface area contributed by atoms with E-state index >= 15 is 0 Å². The first-order valence-electron chi connectivity index (χ1n) is 6.43. The predicted octanol–water partition coefficient (Wildman–Crippen LogP) is 1.97. The highest BCUT2D eigenvalue weighted by Gasteiger charge is 2.33. The number of hydrogen-bond donors (Lipinski definition) is 2. The highest BCUT2D eigenvalue weighted by molar-refractivity contribution is 5.55. The summed E-state index contributed by atoms with van der Waals surface area (Å²) in [5.41, 5.74) is 4.29. The molecule has 1 fully saturated rings. The number of non-ortho nitro benzene ring substituents is 1. The van der Waals surface area contributed by atoms with Gasteiger partial charge in [0, 0.05) is 25.2 Å². The molecule has 2 rings (SSSR count). The molecule has 3 N–H and O–H groups in total. The zero-order valence-corrected chi connectivity index (χ0v) is 11.3. The van der Waals surface area contributed by atoms with Crippen molar-refractivity contribution in [3.05, 3.63) is 33.9 Å².